The monoisotopic (exact) mass is 256 g/mol. The van der Waals surface area contributed by atoms with Crippen molar-refractivity contribution < 1.29 is 19.8 Å². The summed E-state index contributed by atoms with van der Waals surface area (Å²) in [7, 11) is 0. The number of rotatable bonds is 7. The van der Waals surface area contributed by atoms with Crippen LogP contribution in [0, 0.1) is 0 Å². The van der Waals surface area contributed by atoms with Gasteiger partial charge in [-0.3, -0.25) is 0 Å². The van der Waals surface area contributed by atoms with E-state index >= 15 is 0 Å². The number of carboxylic acid groups (broad SMARTS) is 1. The first kappa shape index (κ1) is 14.0. The maximum absolute atomic E-state index is 11.2. The number of hydrogen-bond donors (Lipinski definition) is 4. The highest BCUT2D eigenvalue weighted by Crippen LogP contribution is 1.89. The Morgan fingerprint density at radius 1 is 1.39 bits per heavy atom. The number of aryl methyl sites for hydroxylation is 1. The molecule has 1 atom stereocenters. The van der Waals surface area contributed by atoms with Crippen molar-refractivity contribution in [3.8, 4) is 0 Å². The molecule has 0 aliphatic rings. The molecule has 2 amide bonds. The van der Waals surface area contributed by atoms with E-state index in [1.54, 1.807) is 12.5 Å². The molecule has 1 aromatic heterocycles. The van der Waals surface area contributed by atoms with E-state index in [2.05, 4.69) is 15.6 Å². The Balaban J connectivity index is 2.05. The lowest BCUT2D eigenvalue weighted by Gasteiger charge is -2.09. The van der Waals surface area contributed by atoms with Crippen molar-refractivity contribution in [1.82, 2.24) is 20.2 Å². The van der Waals surface area contributed by atoms with Gasteiger partial charge in [0.1, 0.15) is 0 Å². The van der Waals surface area contributed by atoms with Crippen LogP contribution in [0.25, 0.3) is 0 Å². The predicted octanol–water partition coefficient (Wildman–Crippen LogP) is -0.982. The molecule has 100 valence electrons. The molecule has 0 spiro atoms. The molecule has 0 saturated carbocycles. The van der Waals surface area contributed by atoms with Crippen molar-refractivity contribution >= 4 is 12.0 Å². The SMILES string of the molecule is O=C(NCCCn1ccnc1)NC[C@H](O)C(=O)O. The van der Waals surface area contributed by atoms with Crippen molar-refractivity contribution in [3.63, 3.8) is 0 Å². The van der Waals surface area contributed by atoms with E-state index in [4.69, 9.17) is 10.2 Å². The summed E-state index contributed by atoms with van der Waals surface area (Å²) < 4.78 is 1.88. The molecule has 0 radical (unpaired) electrons. The third-order valence-corrected chi connectivity index (χ3v) is 2.18. The van der Waals surface area contributed by atoms with E-state index in [-0.39, 0.29) is 6.54 Å². The van der Waals surface area contributed by atoms with E-state index in [1.807, 2.05) is 10.8 Å². The van der Waals surface area contributed by atoms with Crippen LogP contribution in [0.4, 0.5) is 4.79 Å². The zero-order valence-corrected chi connectivity index (χ0v) is 9.74. The van der Waals surface area contributed by atoms with Crippen LogP contribution >= 0.6 is 0 Å². The number of carbonyl (C=O) groups is 2. The molecule has 8 heteroatoms. The van der Waals surface area contributed by atoms with Crippen LogP contribution in [0.1, 0.15) is 6.42 Å². The summed E-state index contributed by atoms with van der Waals surface area (Å²) in [4.78, 5) is 25.3. The Labute approximate surface area is 104 Å². The van der Waals surface area contributed by atoms with Gasteiger partial charge in [0, 0.05) is 25.5 Å². The summed E-state index contributed by atoms with van der Waals surface area (Å²) in [5.74, 6) is -1.37. The fourth-order valence-corrected chi connectivity index (χ4v) is 1.22. The van der Waals surface area contributed by atoms with E-state index in [9.17, 15) is 9.59 Å². The molecule has 0 aliphatic heterocycles. The Hall–Kier alpha value is -2.09. The second-order valence-electron chi connectivity index (χ2n) is 3.64. The van der Waals surface area contributed by atoms with Crippen LogP contribution in [-0.4, -0.2) is 51.0 Å². The summed E-state index contributed by atoms with van der Waals surface area (Å²) in [5.41, 5.74) is 0. The quantitative estimate of drug-likeness (QED) is 0.468. The Morgan fingerprint density at radius 2 is 2.17 bits per heavy atom. The van der Waals surface area contributed by atoms with Gasteiger partial charge in [-0.05, 0) is 6.42 Å². The van der Waals surface area contributed by atoms with Crippen LogP contribution in [0.5, 0.6) is 0 Å². The van der Waals surface area contributed by atoms with Crippen LogP contribution in [0.3, 0.4) is 0 Å². The van der Waals surface area contributed by atoms with Gasteiger partial charge in [0.15, 0.2) is 6.10 Å². The van der Waals surface area contributed by atoms with Gasteiger partial charge >= 0.3 is 12.0 Å². The topological polar surface area (TPSA) is 116 Å². The Kier molecular flexibility index (Phi) is 5.65. The molecule has 1 aromatic rings. The summed E-state index contributed by atoms with van der Waals surface area (Å²) in [6.07, 6.45) is 4.33. The summed E-state index contributed by atoms with van der Waals surface area (Å²) in [5, 5.41) is 22.1. The van der Waals surface area contributed by atoms with Crippen molar-refractivity contribution in [1.29, 1.82) is 0 Å². The lowest BCUT2D eigenvalue weighted by atomic mass is 10.3. The average Bonchev–Trinajstić information content (AvgIpc) is 2.84. The van der Waals surface area contributed by atoms with Gasteiger partial charge in [-0.15, -0.1) is 0 Å². The number of nitrogens with zero attached hydrogens (tertiary/aromatic N) is 2. The van der Waals surface area contributed by atoms with Crippen LogP contribution < -0.4 is 10.6 Å². The van der Waals surface area contributed by atoms with Crippen molar-refractivity contribution in [2.75, 3.05) is 13.1 Å². The zero-order chi connectivity index (χ0) is 13.4. The molecule has 18 heavy (non-hydrogen) atoms. The Morgan fingerprint density at radius 3 is 2.78 bits per heavy atom. The van der Waals surface area contributed by atoms with E-state index < -0.39 is 18.1 Å². The molecule has 0 unspecified atom stereocenters. The number of nitrogens with one attached hydrogen (secondary N) is 2. The average molecular weight is 256 g/mol. The first-order chi connectivity index (χ1) is 8.59. The fraction of sp³-hybridized carbons (Fsp3) is 0.500. The predicted molar refractivity (Wildman–Crippen MR) is 61.9 cm³/mol. The molecule has 0 saturated heterocycles. The number of carbonyl (C=O) groups excluding carboxylic acids is 1. The smallest absolute Gasteiger partial charge is 0.334 e. The minimum Gasteiger partial charge on any atom is -0.479 e. The maximum atomic E-state index is 11.2. The minimum absolute atomic E-state index is 0.317. The van der Waals surface area contributed by atoms with E-state index in [0.29, 0.717) is 6.54 Å². The highest BCUT2D eigenvalue weighted by atomic mass is 16.4. The third-order valence-electron chi connectivity index (χ3n) is 2.18. The van der Waals surface area contributed by atoms with Gasteiger partial charge in [-0.1, -0.05) is 0 Å². The molecule has 0 aliphatic carbocycles. The van der Waals surface area contributed by atoms with Crippen LogP contribution in [0.2, 0.25) is 0 Å². The molecule has 0 aromatic carbocycles. The van der Waals surface area contributed by atoms with Gasteiger partial charge < -0.3 is 25.4 Å². The summed E-state index contributed by atoms with van der Waals surface area (Å²) in [6.45, 7) is 0.869. The number of aliphatic carboxylic acids is 1. The number of aromatic nitrogens is 2. The summed E-state index contributed by atoms with van der Waals surface area (Å²) >= 11 is 0. The highest BCUT2D eigenvalue weighted by molar-refractivity contribution is 5.76. The molecule has 1 rings (SSSR count). The van der Waals surface area contributed by atoms with Gasteiger partial charge in [0.25, 0.3) is 0 Å². The second-order valence-corrected chi connectivity index (χ2v) is 3.64. The molecule has 4 N–H and O–H groups in total. The van der Waals surface area contributed by atoms with E-state index in [0.717, 1.165) is 13.0 Å². The number of imidazole rings is 1. The lowest BCUT2D eigenvalue weighted by molar-refractivity contribution is -0.146. The molecular weight excluding hydrogens is 240 g/mol. The van der Waals surface area contributed by atoms with Crippen molar-refractivity contribution in [2.24, 2.45) is 0 Å². The summed E-state index contributed by atoms with van der Waals surface area (Å²) in [6, 6.07) is -0.499. The maximum Gasteiger partial charge on any atom is 0.334 e. The van der Waals surface area contributed by atoms with Gasteiger partial charge in [0.2, 0.25) is 0 Å². The molecular formula is C10H16N4O4. The standard InChI is InChI=1S/C10H16N4O4/c15-8(9(16)17)6-13-10(18)12-2-1-4-14-5-3-11-7-14/h3,5,7-8,15H,1-2,4,6H2,(H,16,17)(H2,12,13,18)/t8-/m0/s1. The van der Waals surface area contributed by atoms with E-state index in [1.165, 1.54) is 0 Å². The van der Waals surface area contributed by atoms with Gasteiger partial charge in [0.05, 0.1) is 12.9 Å². The molecule has 0 fully saturated rings. The first-order valence-electron chi connectivity index (χ1n) is 5.48. The highest BCUT2D eigenvalue weighted by Gasteiger charge is 2.13. The first-order valence-corrected chi connectivity index (χ1v) is 5.48. The molecule has 8 nitrogen and oxygen atoms in total. The largest absolute Gasteiger partial charge is 0.479 e. The number of hydrogen-bond acceptors (Lipinski definition) is 4. The van der Waals surface area contributed by atoms with Crippen molar-refractivity contribution in [2.45, 2.75) is 19.1 Å². The number of aliphatic hydroxyl groups is 1. The van der Waals surface area contributed by atoms with Crippen LogP contribution in [0.15, 0.2) is 18.7 Å². The number of amides is 2. The minimum atomic E-state index is -1.58. The fourth-order valence-electron chi connectivity index (χ4n) is 1.22. The van der Waals surface area contributed by atoms with Crippen LogP contribution in [-0.2, 0) is 11.3 Å². The lowest BCUT2D eigenvalue weighted by Crippen LogP contribution is -2.42. The van der Waals surface area contributed by atoms with Gasteiger partial charge in [-0.25, -0.2) is 14.6 Å². The van der Waals surface area contributed by atoms with Gasteiger partial charge in [-0.2, -0.15) is 0 Å². The number of aliphatic hydroxyl groups excluding tert-OH is 1. The molecule has 1 heterocycles. The molecule has 0 bridgehead atoms. The zero-order valence-electron chi connectivity index (χ0n) is 9.74. The third kappa shape index (κ3) is 5.30. The normalized spacial score (nSPS) is 11.8. The number of carboxylic acids is 1. The Bertz CT molecular complexity index is 379. The number of urea groups is 1. The second kappa shape index (κ2) is 7.28. The van der Waals surface area contributed by atoms with Crippen molar-refractivity contribution in [3.05, 3.63) is 18.7 Å².